The van der Waals surface area contributed by atoms with E-state index in [1.165, 1.54) is 41.2 Å². The van der Waals surface area contributed by atoms with Gasteiger partial charge in [0.1, 0.15) is 5.82 Å². The molecule has 0 N–H and O–H groups in total. The van der Waals surface area contributed by atoms with Gasteiger partial charge >= 0.3 is 0 Å². The maximum atomic E-state index is 6.17. The molecule has 108 valence electrons. The minimum atomic E-state index is 0.498. The van der Waals surface area contributed by atoms with Crippen molar-refractivity contribution in [2.75, 3.05) is 0 Å². The smallest absolute Gasteiger partial charge is 0.125 e. The second-order valence-electron chi connectivity index (χ2n) is 5.68. The van der Waals surface area contributed by atoms with Gasteiger partial charge in [0.05, 0.1) is 16.9 Å². The highest BCUT2D eigenvalue weighted by atomic mass is 127. The Bertz CT molecular complexity index is 608. The Morgan fingerprint density at radius 2 is 2.15 bits per heavy atom. The first-order chi connectivity index (χ1) is 9.74. The van der Waals surface area contributed by atoms with Crippen LogP contribution in [0.3, 0.4) is 0 Å². The van der Waals surface area contributed by atoms with E-state index in [1.54, 1.807) is 0 Å². The van der Waals surface area contributed by atoms with Crippen molar-refractivity contribution in [1.29, 1.82) is 0 Å². The predicted octanol–water partition coefficient (Wildman–Crippen LogP) is 5.52. The van der Waals surface area contributed by atoms with Gasteiger partial charge in [0.2, 0.25) is 0 Å². The number of imidazole rings is 1. The molecule has 2 nitrogen and oxygen atoms in total. The maximum Gasteiger partial charge on any atom is 0.125 e. The van der Waals surface area contributed by atoms with Gasteiger partial charge in [-0.1, -0.05) is 26.2 Å². The van der Waals surface area contributed by atoms with Gasteiger partial charge in [-0.25, -0.2) is 4.98 Å². The SMILES string of the molecule is CCC1CCCCC1n1c(CCl)nc2cc(I)ccc21. The first-order valence-corrected chi connectivity index (χ1v) is 9.08. The number of hydrogen-bond donors (Lipinski definition) is 0. The van der Waals surface area contributed by atoms with Gasteiger partial charge in [-0.15, -0.1) is 11.6 Å². The van der Waals surface area contributed by atoms with Gasteiger partial charge in [-0.2, -0.15) is 0 Å². The van der Waals surface area contributed by atoms with Crippen molar-refractivity contribution in [3.8, 4) is 0 Å². The van der Waals surface area contributed by atoms with Gasteiger partial charge in [0.25, 0.3) is 0 Å². The fraction of sp³-hybridized carbons (Fsp3) is 0.562. The molecule has 0 aliphatic heterocycles. The molecule has 3 rings (SSSR count). The second kappa shape index (κ2) is 6.22. The van der Waals surface area contributed by atoms with E-state index < -0.39 is 0 Å². The van der Waals surface area contributed by atoms with E-state index in [-0.39, 0.29) is 0 Å². The number of fused-ring (bicyclic) bond motifs is 1. The average Bonchev–Trinajstić information content (AvgIpc) is 2.84. The molecule has 1 fully saturated rings. The minimum absolute atomic E-state index is 0.498. The van der Waals surface area contributed by atoms with Crippen LogP contribution in [0.1, 0.15) is 50.9 Å². The van der Waals surface area contributed by atoms with Gasteiger partial charge < -0.3 is 4.57 Å². The third kappa shape index (κ3) is 2.59. The van der Waals surface area contributed by atoms with Crippen LogP contribution in [0.5, 0.6) is 0 Å². The Hall–Kier alpha value is -0.290. The molecule has 0 saturated heterocycles. The summed E-state index contributed by atoms with van der Waals surface area (Å²) in [7, 11) is 0. The van der Waals surface area contributed by atoms with Crippen LogP contribution < -0.4 is 0 Å². The van der Waals surface area contributed by atoms with Gasteiger partial charge in [-0.3, -0.25) is 0 Å². The molecule has 1 aliphatic carbocycles. The fourth-order valence-electron chi connectivity index (χ4n) is 3.59. The van der Waals surface area contributed by atoms with Crippen molar-refractivity contribution in [3.05, 3.63) is 27.6 Å². The van der Waals surface area contributed by atoms with Crippen LogP contribution in [0.4, 0.5) is 0 Å². The first-order valence-electron chi connectivity index (χ1n) is 7.47. The predicted molar refractivity (Wildman–Crippen MR) is 93.3 cm³/mol. The molecule has 0 spiro atoms. The third-order valence-electron chi connectivity index (χ3n) is 4.57. The average molecular weight is 403 g/mol. The molecular weight excluding hydrogens is 383 g/mol. The molecule has 1 aliphatic rings. The lowest BCUT2D eigenvalue weighted by Gasteiger charge is -2.33. The molecule has 2 unspecified atom stereocenters. The Labute approximate surface area is 139 Å². The van der Waals surface area contributed by atoms with Crippen molar-refractivity contribution in [2.24, 2.45) is 5.92 Å². The van der Waals surface area contributed by atoms with E-state index in [2.05, 4.69) is 52.3 Å². The third-order valence-corrected chi connectivity index (χ3v) is 5.48. The summed E-state index contributed by atoms with van der Waals surface area (Å²) in [6.07, 6.45) is 6.55. The summed E-state index contributed by atoms with van der Waals surface area (Å²) in [6, 6.07) is 7.11. The lowest BCUT2D eigenvalue weighted by Crippen LogP contribution is -2.24. The molecule has 20 heavy (non-hydrogen) atoms. The van der Waals surface area contributed by atoms with Crippen molar-refractivity contribution in [3.63, 3.8) is 0 Å². The van der Waals surface area contributed by atoms with Crippen molar-refractivity contribution in [2.45, 2.75) is 50.9 Å². The van der Waals surface area contributed by atoms with Crippen LogP contribution in [0.2, 0.25) is 0 Å². The Morgan fingerprint density at radius 1 is 1.35 bits per heavy atom. The van der Waals surface area contributed by atoms with Crippen molar-refractivity contribution in [1.82, 2.24) is 9.55 Å². The number of alkyl halides is 1. The van der Waals surface area contributed by atoms with Gasteiger partial charge in [0, 0.05) is 9.61 Å². The molecular formula is C16H20ClIN2. The molecule has 1 saturated carbocycles. The number of hydrogen-bond acceptors (Lipinski definition) is 1. The number of nitrogens with zero attached hydrogens (tertiary/aromatic N) is 2. The molecule has 4 heteroatoms. The Balaban J connectivity index is 2.13. The van der Waals surface area contributed by atoms with E-state index in [0.29, 0.717) is 11.9 Å². The summed E-state index contributed by atoms with van der Waals surface area (Å²) in [5.74, 6) is 2.30. The van der Waals surface area contributed by atoms with Crippen LogP contribution in [-0.2, 0) is 5.88 Å². The van der Waals surface area contributed by atoms with Crippen LogP contribution in [0, 0.1) is 9.49 Å². The summed E-state index contributed by atoms with van der Waals surface area (Å²) in [5.41, 5.74) is 2.35. The van der Waals surface area contributed by atoms with Crippen LogP contribution in [-0.4, -0.2) is 9.55 Å². The molecule has 0 radical (unpaired) electrons. The highest BCUT2D eigenvalue weighted by Crippen LogP contribution is 2.39. The van der Waals surface area contributed by atoms with Gasteiger partial charge in [0.15, 0.2) is 0 Å². The molecule has 0 amide bonds. The topological polar surface area (TPSA) is 17.8 Å². The zero-order valence-corrected chi connectivity index (χ0v) is 14.7. The van der Waals surface area contributed by atoms with Gasteiger partial charge in [-0.05, 0) is 59.5 Å². The van der Waals surface area contributed by atoms with Crippen LogP contribution in [0.15, 0.2) is 18.2 Å². The van der Waals surface area contributed by atoms with Crippen molar-refractivity contribution < 1.29 is 0 Å². The molecule has 0 bridgehead atoms. The van der Waals surface area contributed by atoms with E-state index in [4.69, 9.17) is 16.6 Å². The van der Waals surface area contributed by atoms with E-state index >= 15 is 0 Å². The molecule has 1 heterocycles. The standard InChI is InChI=1S/C16H20ClIN2/c1-2-11-5-3-4-6-14(11)20-15-8-7-12(18)9-13(15)19-16(20)10-17/h7-9,11,14H,2-6,10H2,1H3. The number of aromatic nitrogens is 2. The minimum Gasteiger partial charge on any atom is -0.324 e. The first kappa shape index (κ1) is 14.6. The zero-order valence-electron chi connectivity index (χ0n) is 11.8. The molecule has 1 aromatic carbocycles. The van der Waals surface area contributed by atoms with Crippen LogP contribution >= 0.6 is 34.2 Å². The summed E-state index contributed by atoms with van der Waals surface area (Å²) in [6.45, 7) is 2.31. The zero-order chi connectivity index (χ0) is 14.1. The highest BCUT2D eigenvalue weighted by Gasteiger charge is 2.28. The monoisotopic (exact) mass is 402 g/mol. The van der Waals surface area contributed by atoms with Crippen molar-refractivity contribution >= 4 is 45.2 Å². The molecule has 2 aromatic rings. The largest absolute Gasteiger partial charge is 0.324 e. The normalized spacial score (nSPS) is 23.4. The summed E-state index contributed by atoms with van der Waals surface area (Å²) >= 11 is 8.51. The summed E-state index contributed by atoms with van der Waals surface area (Å²) < 4.78 is 3.67. The number of rotatable bonds is 3. The molecule has 2 atom stereocenters. The second-order valence-corrected chi connectivity index (χ2v) is 7.20. The fourth-order valence-corrected chi connectivity index (χ4v) is 4.25. The van der Waals surface area contributed by atoms with E-state index in [9.17, 15) is 0 Å². The van der Waals surface area contributed by atoms with E-state index in [0.717, 1.165) is 17.3 Å². The quantitative estimate of drug-likeness (QED) is 0.488. The lowest BCUT2D eigenvalue weighted by atomic mass is 9.82. The Kier molecular flexibility index (Phi) is 4.55. The number of benzene rings is 1. The van der Waals surface area contributed by atoms with Crippen LogP contribution in [0.25, 0.3) is 11.0 Å². The highest BCUT2D eigenvalue weighted by molar-refractivity contribution is 14.1. The lowest BCUT2D eigenvalue weighted by molar-refractivity contribution is 0.234. The maximum absolute atomic E-state index is 6.17. The van der Waals surface area contributed by atoms with E-state index in [1.807, 2.05) is 0 Å². The Morgan fingerprint density at radius 3 is 2.90 bits per heavy atom. The molecule has 1 aromatic heterocycles. The number of halogens is 2. The summed E-state index contributed by atoms with van der Waals surface area (Å²) in [5, 5.41) is 0. The summed E-state index contributed by atoms with van der Waals surface area (Å²) in [4.78, 5) is 4.76.